The van der Waals surface area contributed by atoms with Gasteiger partial charge in [0.15, 0.2) is 9.84 Å². The molecule has 23 heavy (non-hydrogen) atoms. The number of anilines is 1. The molecule has 0 heterocycles. The Labute approximate surface area is 136 Å². The molecule has 8 heteroatoms. The number of nitrogen functional groups attached to an aromatic ring is 1. The fraction of sp³-hybridized carbons (Fsp3) is 0.200. The van der Waals surface area contributed by atoms with E-state index in [0.29, 0.717) is 23.2 Å². The maximum atomic E-state index is 12.6. The lowest BCUT2D eigenvalue weighted by Gasteiger charge is -2.10. The van der Waals surface area contributed by atoms with Crippen molar-refractivity contribution in [1.82, 2.24) is 0 Å². The summed E-state index contributed by atoms with van der Waals surface area (Å²) in [7, 11) is -7.39. The third kappa shape index (κ3) is 4.10. The minimum Gasteiger partial charge on any atom is -0.399 e. The van der Waals surface area contributed by atoms with Crippen molar-refractivity contribution in [2.45, 2.75) is 28.9 Å². The minimum atomic E-state index is -3.80. The molecular weight excluding hydrogens is 336 g/mol. The highest BCUT2D eigenvalue weighted by molar-refractivity contribution is 7.90. The standard InChI is InChI=1S/C15H18N2O4S2/c1-2-12-5-6-13(16)9-15(12)22(18,19)10-11-3-7-14(8-4-11)23(17,20)21/h3-9H,2,10,16H2,1H3,(H2,17,20,21). The molecule has 2 aromatic rings. The summed E-state index contributed by atoms with van der Waals surface area (Å²) in [5.41, 5.74) is 7.24. The zero-order chi connectivity index (χ0) is 17.3. The van der Waals surface area contributed by atoms with Crippen LogP contribution in [-0.4, -0.2) is 16.8 Å². The normalized spacial score (nSPS) is 12.3. The number of sulfonamides is 1. The molecule has 0 bridgehead atoms. The topological polar surface area (TPSA) is 120 Å². The Bertz CT molecular complexity index is 918. The average Bonchev–Trinajstić information content (AvgIpc) is 2.46. The Balaban J connectivity index is 2.37. The van der Waals surface area contributed by atoms with Gasteiger partial charge in [0.2, 0.25) is 10.0 Å². The van der Waals surface area contributed by atoms with E-state index in [-0.39, 0.29) is 15.5 Å². The van der Waals surface area contributed by atoms with Crippen LogP contribution in [0.25, 0.3) is 0 Å². The fourth-order valence-corrected chi connectivity index (χ4v) is 4.45. The number of nitrogens with two attached hydrogens (primary N) is 2. The molecule has 0 amide bonds. The maximum Gasteiger partial charge on any atom is 0.238 e. The number of hydrogen-bond acceptors (Lipinski definition) is 5. The van der Waals surface area contributed by atoms with E-state index in [2.05, 4.69) is 0 Å². The van der Waals surface area contributed by atoms with E-state index in [1.54, 1.807) is 12.1 Å². The number of rotatable bonds is 5. The second-order valence-electron chi connectivity index (χ2n) is 5.17. The van der Waals surface area contributed by atoms with Crippen molar-refractivity contribution < 1.29 is 16.8 Å². The summed E-state index contributed by atoms with van der Waals surface area (Å²) in [5.74, 6) is -0.242. The van der Waals surface area contributed by atoms with Crippen molar-refractivity contribution >= 4 is 25.5 Å². The van der Waals surface area contributed by atoms with Crippen LogP contribution in [0.2, 0.25) is 0 Å². The Kier molecular flexibility index (Phi) is 4.79. The van der Waals surface area contributed by atoms with Crippen LogP contribution < -0.4 is 10.9 Å². The number of hydrogen-bond donors (Lipinski definition) is 2. The Hall–Kier alpha value is -1.90. The highest BCUT2D eigenvalue weighted by atomic mass is 32.2. The van der Waals surface area contributed by atoms with Crippen molar-refractivity contribution in [1.29, 1.82) is 0 Å². The van der Waals surface area contributed by atoms with Gasteiger partial charge in [-0.15, -0.1) is 0 Å². The molecule has 0 unspecified atom stereocenters. The van der Waals surface area contributed by atoms with E-state index in [4.69, 9.17) is 10.9 Å². The van der Waals surface area contributed by atoms with E-state index in [9.17, 15) is 16.8 Å². The number of sulfone groups is 1. The molecular formula is C15H18N2O4S2. The van der Waals surface area contributed by atoms with Gasteiger partial charge in [0.25, 0.3) is 0 Å². The fourth-order valence-electron chi connectivity index (χ4n) is 2.23. The minimum absolute atomic E-state index is 0.0585. The smallest absolute Gasteiger partial charge is 0.238 e. The van der Waals surface area contributed by atoms with Gasteiger partial charge in [0.1, 0.15) is 0 Å². The van der Waals surface area contributed by atoms with Crippen LogP contribution in [0, 0.1) is 0 Å². The highest BCUT2D eigenvalue weighted by Crippen LogP contribution is 2.24. The van der Waals surface area contributed by atoms with Crippen LogP contribution in [0.5, 0.6) is 0 Å². The lowest BCUT2D eigenvalue weighted by atomic mass is 10.1. The van der Waals surface area contributed by atoms with Crippen molar-refractivity contribution in [3.8, 4) is 0 Å². The van der Waals surface area contributed by atoms with Gasteiger partial charge in [0, 0.05) is 5.69 Å². The van der Waals surface area contributed by atoms with E-state index in [1.807, 2.05) is 6.92 Å². The number of aryl methyl sites for hydroxylation is 1. The van der Waals surface area contributed by atoms with E-state index >= 15 is 0 Å². The van der Waals surface area contributed by atoms with Gasteiger partial charge in [-0.3, -0.25) is 0 Å². The zero-order valence-electron chi connectivity index (χ0n) is 12.6. The van der Waals surface area contributed by atoms with Gasteiger partial charge in [-0.05, 0) is 41.8 Å². The van der Waals surface area contributed by atoms with Gasteiger partial charge >= 0.3 is 0 Å². The van der Waals surface area contributed by atoms with E-state index in [0.717, 1.165) is 0 Å². The van der Waals surface area contributed by atoms with Crippen LogP contribution in [0.1, 0.15) is 18.1 Å². The van der Waals surface area contributed by atoms with Crippen molar-refractivity contribution in [3.63, 3.8) is 0 Å². The van der Waals surface area contributed by atoms with Crippen LogP contribution in [0.15, 0.2) is 52.3 Å². The first-order chi connectivity index (χ1) is 10.6. The Morgan fingerprint density at radius 1 is 0.957 bits per heavy atom. The molecule has 4 N–H and O–H groups in total. The second-order valence-corrected chi connectivity index (χ2v) is 8.69. The third-order valence-electron chi connectivity index (χ3n) is 3.42. The van der Waals surface area contributed by atoms with E-state index in [1.165, 1.54) is 30.3 Å². The number of benzene rings is 2. The van der Waals surface area contributed by atoms with Crippen LogP contribution >= 0.6 is 0 Å². The first kappa shape index (κ1) is 17.5. The molecule has 124 valence electrons. The molecule has 0 fully saturated rings. The molecule has 0 aromatic heterocycles. The molecule has 0 aliphatic carbocycles. The predicted octanol–water partition coefficient (Wildman–Crippen LogP) is 1.45. The first-order valence-corrected chi connectivity index (χ1v) is 10.1. The van der Waals surface area contributed by atoms with E-state index < -0.39 is 19.9 Å². The molecule has 0 atom stereocenters. The summed E-state index contributed by atoms with van der Waals surface area (Å²) < 4.78 is 47.7. The van der Waals surface area contributed by atoms with Crippen molar-refractivity contribution in [2.24, 2.45) is 5.14 Å². The molecule has 0 saturated heterocycles. The molecule has 0 saturated carbocycles. The summed E-state index contributed by atoms with van der Waals surface area (Å²) in [5, 5.41) is 5.02. The van der Waals surface area contributed by atoms with Crippen LogP contribution in [0.3, 0.4) is 0 Å². The first-order valence-electron chi connectivity index (χ1n) is 6.86. The number of primary sulfonamides is 1. The van der Waals surface area contributed by atoms with Gasteiger partial charge in [0.05, 0.1) is 15.5 Å². The molecule has 0 aliphatic rings. The summed E-state index contributed by atoms with van der Waals surface area (Å²) >= 11 is 0. The average molecular weight is 354 g/mol. The van der Waals surface area contributed by atoms with Crippen molar-refractivity contribution in [3.05, 3.63) is 53.6 Å². The zero-order valence-corrected chi connectivity index (χ0v) is 14.2. The molecule has 2 rings (SSSR count). The predicted molar refractivity (Wildman–Crippen MR) is 88.9 cm³/mol. The summed E-state index contributed by atoms with van der Waals surface area (Å²) in [6.45, 7) is 1.87. The van der Waals surface area contributed by atoms with Crippen LogP contribution in [0.4, 0.5) is 5.69 Å². The quantitative estimate of drug-likeness (QED) is 0.787. The monoisotopic (exact) mass is 354 g/mol. The van der Waals surface area contributed by atoms with Gasteiger partial charge < -0.3 is 5.73 Å². The Morgan fingerprint density at radius 3 is 2.09 bits per heavy atom. The third-order valence-corrected chi connectivity index (χ3v) is 6.11. The van der Waals surface area contributed by atoms with Crippen molar-refractivity contribution in [2.75, 3.05) is 5.73 Å². The largest absolute Gasteiger partial charge is 0.399 e. The SMILES string of the molecule is CCc1ccc(N)cc1S(=O)(=O)Cc1ccc(S(N)(=O)=O)cc1. The highest BCUT2D eigenvalue weighted by Gasteiger charge is 2.19. The molecule has 6 nitrogen and oxygen atoms in total. The lowest BCUT2D eigenvalue weighted by molar-refractivity contribution is 0.594. The summed E-state index contributed by atoms with van der Waals surface area (Å²) in [6.07, 6.45) is 0.569. The lowest BCUT2D eigenvalue weighted by Crippen LogP contribution is -2.12. The maximum absolute atomic E-state index is 12.6. The Morgan fingerprint density at radius 2 is 1.57 bits per heavy atom. The van der Waals surface area contributed by atoms with Gasteiger partial charge in [-0.25, -0.2) is 22.0 Å². The van der Waals surface area contributed by atoms with Gasteiger partial charge in [-0.2, -0.15) is 0 Å². The second kappa shape index (κ2) is 6.31. The summed E-state index contributed by atoms with van der Waals surface area (Å²) in [4.78, 5) is 0.146. The van der Waals surface area contributed by atoms with Crippen LogP contribution in [-0.2, 0) is 32.0 Å². The molecule has 0 aliphatic heterocycles. The van der Waals surface area contributed by atoms with Gasteiger partial charge in [-0.1, -0.05) is 25.1 Å². The molecule has 2 aromatic carbocycles. The molecule has 0 radical (unpaired) electrons. The summed E-state index contributed by atoms with van der Waals surface area (Å²) in [6, 6.07) is 10.3. The molecule has 0 spiro atoms.